The zero-order valence-corrected chi connectivity index (χ0v) is 24.4. The van der Waals surface area contributed by atoms with E-state index in [-0.39, 0.29) is 17.3 Å². The fraction of sp³-hybridized carbons (Fsp3) is 0.517. The second kappa shape index (κ2) is 11.1. The zero-order chi connectivity index (χ0) is 29.6. The molecule has 2 fully saturated rings. The first-order valence-electron chi connectivity index (χ1n) is 14.0. The summed E-state index contributed by atoms with van der Waals surface area (Å²) in [6, 6.07) is 8.67. The predicted molar refractivity (Wildman–Crippen MR) is 150 cm³/mol. The van der Waals surface area contributed by atoms with Gasteiger partial charge in [-0.05, 0) is 53.8 Å². The van der Waals surface area contributed by atoms with E-state index >= 15 is 0 Å². The highest BCUT2D eigenvalue weighted by Crippen LogP contribution is 2.45. The van der Waals surface area contributed by atoms with Crippen molar-refractivity contribution in [3.05, 3.63) is 47.0 Å². The number of hydrogen-bond acceptors (Lipinski definition) is 11. The first kappa shape index (κ1) is 28.4. The van der Waals surface area contributed by atoms with E-state index in [4.69, 9.17) is 30.5 Å². The molecule has 1 aliphatic carbocycles. The molecule has 1 spiro atoms. The molecule has 6 rings (SSSR count). The summed E-state index contributed by atoms with van der Waals surface area (Å²) in [6.07, 6.45) is 1.68. The summed E-state index contributed by atoms with van der Waals surface area (Å²) in [7, 11) is 0. The van der Waals surface area contributed by atoms with Crippen molar-refractivity contribution >= 4 is 46.5 Å². The monoisotopic (exact) mass is 597 g/mol. The van der Waals surface area contributed by atoms with Gasteiger partial charge in [0.25, 0.3) is 0 Å². The van der Waals surface area contributed by atoms with Gasteiger partial charge in [0, 0.05) is 33.9 Å². The number of ether oxygens (including phenoxy) is 4. The van der Waals surface area contributed by atoms with Crippen molar-refractivity contribution < 1.29 is 33.3 Å². The van der Waals surface area contributed by atoms with Crippen LogP contribution >= 0.6 is 11.6 Å². The van der Waals surface area contributed by atoms with Crippen LogP contribution in [0.4, 0.5) is 5.82 Å². The van der Waals surface area contributed by atoms with Gasteiger partial charge in [0.2, 0.25) is 5.28 Å². The summed E-state index contributed by atoms with van der Waals surface area (Å²) in [6.45, 7) is 5.11. The van der Waals surface area contributed by atoms with Gasteiger partial charge in [-0.3, -0.25) is 19.0 Å². The molecular formula is C29H32ClN5O7. The van der Waals surface area contributed by atoms with Gasteiger partial charge in [-0.15, -0.1) is 0 Å². The molecule has 13 heteroatoms. The lowest BCUT2D eigenvalue weighted by Crippen LogP contribution is -2.41. The van der Waals surface area contributed by atoms with Crippen LogP contribution in [0.5, 0.6) is 0 Å². The van der Waals surface area contributed by atoms with Crippen molar-refractivity contribution in [3.8, 4) is 0 Å². The molecule has 0 amide bonds. The van der Waals surface area contributed by atoms with Crippen LogP contribution in [0.1, 0.15) is 51.0 Å². The Labute approximate surface area is 247 Å². The Morgan fingerprint density at radius 1 is 0.976 bits per heavy atom. The van der Waals surface area contributed by atoms with Crippen LogP contribution in [0.25, 0.3) is 11.2 Å². The number of hydrogen-bond donors (Lipinski definition) is 0. The summed E-state index contributed by atoms with van der Waals surface area (Å²) >= 11 is 6.45. The summed E-state index contributed by atoms with van der Waals surface area (Å²) in [4.78, 5) is 51.4. The first-order chi connectivity index (χ1) is 20.1. The molecule has 42 heavy (non-hydrogen) atoms. The number of rotatable bonds is 6. The van der Waals surface area contributed by atoms with Crippen molar-refractivity contribution in [1.82, 2.24) is 19.5 Å². The number of nitrogens with zero attached hydrogens (tertiary/aromatic N) is 5. The van der Waals surface area contributed by atoms with Crippen LogP contribution in [0.15, 0.2) is 30.6 Å². The minimum atomic E-state index is -1.07. The molecule has 2 saturated heterocycles. The lowest BCUT2D eigenvalue weighted by atomic mass is 9.76. The molecule has 2 aromatic heterocycles. The molecule has 0 N–H and O–H groups in total. The average molecular weight is 598 g/mol. The number of anilines is 1. The van der Waals surface area contributed by atoms with E-state index in [0.717, 1.165) is 38.8 Å². The highest BCUT2D eigenvalue weighted by molar-refractivity contribution is 6.28. The quantitative estimate of drug-likeness (QED) is 0.235. The number of imidazole rings is 1. The number of halogens is 1. The molecule has 0 unspecified atom stereocenters. The first-order valence-corrected chi connectivity index (χ1v) is 14.4. The van der Waals surface area contributed by atoms with E-state index in [2.05, 4.69) is 44.1 Å². The van der Waals surface area contributed by atoms with Crippen molar-refractivity contribution in [2.75, 3.05) is 24.6 Å². The van der Waals surface area contributed by atoms with E-state index in [1.54, 1.807) is 4.57 Å². The summed E-state index contributed by atoms with van der Waals surface area (Å²) in [5.41, 5.74) is 4.01. The van der Waals surface area contributed by atoms with Crippen LogP contribution < -0.4 is 4.90 Å². The Balaban J connectivity index is 1.29. The minimum Gasteiger partial charge on any atom is -0.463 e. The third kappa shape index (κ3) is 5.40. The predicted octanol–water partition coefficient (Wildman–Crippen LogP) is 3.19. The highest BCUT2D eigenvalue weighted by Gasteiger charge is 2.51. The molecule has 3 aliphatic rings. The number of esters is 3. The van der Waals surface area contributed by atoms with E-state index in [1.807, 2.05) is 0 Å². The average Bonchev–Trinajstić information content (AvgIpc) is 3.60. The van der Waals surface area contributed by atoms with Gasteiger partial charge in [-0.25, -0.2) is 4.98 Å². The smallest absolute Gasteiger partial charge is 0.303 e. The van der Waals surface area contributed by atoms with Crippen molar-refractivity contribution in [2.45, 2.75) is 71.0 Å². The Morgan fingerprint density at radius 2 is 1.62 bits per heavy atom. The number of carbonyl (C=O) groups is 3. The molecule has 0 saturated carbocycles. The van der Waals surface area contributed by atoms with Gasteiger partial charge in [0.05, 0.1) is 6.33 Å². The van der Waals surface area contributed by atoms with Crippen LogP contribution in [-0.4, -0.2) is 75.4 Å². The van der Waals surface area contributed by atoms with E-state index < -0.39 is 42.4 Å². The van der Waals surface area contributed by atoms with E-state index in [0.29, 0.717) is 17.0 Å². The second-order valence-corrected chi connectivity index (χ2v) is 11.6. The van der Waals surface area contributed by atoms with Crippen LogP contribution in [0.2, 0.25) is 5.28 Å². The van der Waals surface area contributed by atoms with Crippen molar-refractivity contribution in [2.24, 2.45) is 5.41 Å². The minimum absolute atomic E-state index is 0.0304. The van der Waals surface area contributed by atoms with Crippen LogP contribution in [0, 0.1) is 5.41 Å². The second-order valence-electron chi connectivity index (χ2n) is 11.3. The third-order valence-corrected chi connectivity index (χ3v) is 8.53. The molecule has 4 atom stereocenters. The molecule has 12 nitrogen and oxygen atoms in total. The van der Waals surface area contributed by atoms with Gasteiger partial charge in [0.1, 0.15) is 12.7 Å². The molecular weight excluding hydrogens is 566 g/mol. The lowest BCUT2D eigenvalue weighted by molar-refractivity contribution is -0.166. The maximum Gasteiger partial charge on any atom is 0.303 e. The topological polar surface area (TPSA) is 135 Å². The van der Waals surface area contributed by atoms with E-state index in [9.17, 15) is 14.4 Å². The highest BCUT2D eigenvalue weighted by atomic mass is 35.5. The maximum atomic E-state index is 12.1. The van der Waals surface area contributed by atoms with Crippen molar-refractivity contribution in [3.63, 3.8) is 0 Å². The molecule has 2 aliphatic heterocycles. The Hall–Kier alpha value is -3.77. The lowest BCUT2D eigenvalue weighted by Gasteiger charge is -2.40. The fourth-order valence-electron chi connectivity index (χ4n) is 6.52. The summed E-state index contributed by atoms with van der Waals surface area (Å²) < 4.78 is 24.0. The van der Waals surface area contributed by atoms with Crippen LogP contribution in [-0.2, 0) is 46.2 Å². The number of aromatic nitrogens is 4. The SMILES string of the molecule is CC(=O)OC[C@H]1O[C@@H](n2cnc3c(N4CCC5(CC4)Cc4ccccc4C5)nc(Cl)nc32)[C@H](OC(C)=O)[C@@H]1OC(C)=O. The Kier molecular flexibility index (Phi) is 7.52. The molecule has 222 valence electrons. The molecule has 1 aromatic carbocycles. The maximum absolute atomic E-state index is 12.1. The molecule has 3 aromatic rings. The van der Waals surface area contributed by atoms with Gasteiger partial charge in [-0.2, -0.15) is 9.97 Å². The number of carbonyl (C=O) groups excluding carboxylic acids is 3. The molecule has 0 radical (unpaired) electrons. The van der Waals surface area contributed by atoms with Crippen molar-refractivity contribution in [1.29, 1.82) is 0 Å². The van der Waals surface area contributed by atoms with Gasteiger partial charge < -0.3 is 23.8 Å². The van der Waals surface area contributed by atoms with Gasteiger partial charge in [0.15, 0.2) is 35.4 Å². The molecule has 0 bridgehead atoms. The Bertz CT molecular complexity index is 1510. The Morgan fingerprint density at radius 3 is 2.24 bits per heavy atom. The largest absolute Gasteiger partial charge is 0.463 e. The van der Waals surface area contributed by atoms with Gasteiger partial charge >= 0.3 is 17.9 Å². The third-order valence-electron chi connectivity index (χ3n) is 8.36. The normalized spacial score (nSPS) is 24.5. The number of benzene rings is 1. The molecule has 4 heterocycles. The summed E-state index contributed by atoms with van der Waals surface area (Å²) in [5, 5.41) is 0.0304. The fourth-order valence-corrected chi connectivity index (χ4v) is 6.68. The summed E-state index contributed by atoms with van der Waals surface area (Å²) in [5.74, 6) is -1.13. The van der Waals surface area contributed by atoms with Gasteiger partial charge in [-0.1, -0.05) is 24.3 Å². The zero-order valence-electron chi connectivity index (χ0n) is 23.6. The van der Waals surface area contributed by atoms with Crippen LogP contribution in [0.3, 0.4) is 0 Å². The number of fused-ring (bicyclic) bond motifs is 2. The van der Waals surface area contributed by atoms with E-state index in [1.165, 1.54) is 38.2 Å². The standard InChI is InChI=1S/C29H32ClN5O7/c1-16(36)39-14-21-23(40-17(2)37)24(41-18(3)38)27(42-21)35-15-31-22-25(32-28(30)33-26(22)35)34-10-8-29(9-11-34)12-19-6-4-5-7-20(19)13-29/h4-7,15,21,23-24,27H,8-14H2,1-3H3/t21-,23-,24-,27-/m1/s1. The number of piperidine rings is 1.